The molecule has 0 aliphatic carbocycles. The molecular weight excluding hydrogens is 356 g/mol. The van der Waals surface area contributed by atoms with Gasteiger partial charge in [-0.2, -0.15) is 0 Å². The SMILES string of the molecule is CNCc1ccc(Br)c(S(=O)(=O)NCC2(C)CCCO2)c1. The maximum absolute atomic E-state index is 12.5. The van der Waals surface area contributed by atoms with Crippen LogP contribution in [0.3, 0.4) is 0 Å². The molecule has 2 rings (SSSR count). The Balaban J connectivity index is 2.16. The predicted molar refractivity (Wildman–Crippen MR) is 85.7 cm³/mol. The summed E-state index contributed by atoms with van der Waals surface area (Å²) in [6.45, 7) is 3.54. The van der Waals surface area contributed by atoms with Crippen molar-refractivity contribution in [3.05, 3.63) is 28.2 Å². The summed E-state index contributed by atoms with van der Waals surface area (Å²) in [5, 5.41) is 3.01. The lowest BCUT2D eigenvalue weighted by atomic mass is 10.0. The van der Waals surface area contributed by atoms with E-state index in [-0.39, 0.29) is 11.4 Å². The van der Waals surface area contributed by atoms with Gasteiger partial charge in [0.15, 0.2) is 0 Å². The highest BCUT2D eigenvalue weighted by atomic mass is 79.9. The van der Waals surface area contributed by atoms with Crippen LogP contribution in [-0.2, 0) is 21.3 Å². The van der Waals surface area contributed by atoms with Crippen LogP contribution in [0.25, 0.3) is 0 Å². The van der Waals surface area contributed by atoms with Crippen LogP contribution in [0.4, 0.5) is 0 Å². The van der Waals surface area contributed by atoms with E-state index < -0.39 is 15.6 Å². The first-order valence-corrected chi connectivity index (χ1v) is 9.21. The minimum atomic E-state index is -3.56. The summed E-state index contributed by atoms with van der Waals surface area (Å²) in [6.07, 6.45) is 1.84. The third kappa shape index (κ3) is 4.26. The Morgan fingerprint density at radius 1 is 1.43 bits per heavy atom. The van der Waals surface area contributed by atoms with Crippen LogP contribution in [0.15, 0.2) is 27.6 Å². The zero-order chi connectivity index (χ0) is 15.5. The van der Waals surface area contributed by atoms with E-state index in [4.69, 9.17) is 4.74 Å². The van der Waals surface area contributed by atoms with Crippen molar-refractivity contribution in [3.63, 3.8) is 0 Å². The van der Waals surface area contributed by atoms with E-state index >= 15 is 0 Å². The molecule has 0 bridgehead atoms. The molecule has 5 nitrogen and oxygen atoms in total. The number of hydrogen-bond acceptors (Lipinski definition) is 4. The molecule has 118 valence electrons. The molecule has 21 heavy (non-hydrogen) atoms. The molecule has 1 heterocycles. The van der Waals surface area contributed by atoms with Crippen LogP contribution in [0, 0.1) is 0 Å². The fraction of sp³-hybridized carbons (Fsp3) is 0.571. The quantitative estimate of drug-likeness (QED) is 0.796. The first kappa shape index (κ1) is 16.9. The fourth-order valence-electron chi connectivity index (χ4n) is 2.37. The fourth-order valence-corrected chi connectivity index (χ4v) is 4.54. The van der Waals surface area contributed by atoms with Crippen LogP contribution in [0.5, 0.6) is 0 Å². The van der Waals surface area contributed by atoms with Crippen LogP contribution in [0.2, 0.25) is 0 Å². The molecule has 1 aromatic rings. The molecule has 0 saturated carbocycles. The topological polar surface area (TPSA) is 67.4 Å². The molecule has 1 saturated heterocycles. The molecule has 1 atom stereocenters. The van der Waals surface area contributed by atoms with Crippen LogP contribution < -0.4 is 10.0 Å². The van der Waals surface area contributed by atoms with Gasteiger partial charge in [0.25, 0.3) is 0 Å². The minimum Gasteiger partial charge on any atom is -0.374 e. The Morgan fingerprint density at radius 2 is 2.19 bits per heavy atom. The summed E-state index contributed by atoms with van der Waals surface area (Å²) < 4.78 is 33.8. The number of nitrogens with one attached hydrogen (secondary N) is 2. The first-order valence-electron chi connectivity index (χ1n) is 6.93. The van der Waals surface area contributed by atoms with Gasteiger partial charge in [0.05, 0.1) is 10.5 Å². The third-order valence-electron chi connectivity index (χ3n) is 3.60. The van der Waals surface area contributed by atoms with Crippen molar-refractivity contribution in [2.45, 2.75) is 36.8 Å². The molecule has 1 unspecified atom stereocenters. The van der Waals surface area contributed by atoms with Crippen molar-refractivity contribution in [3.8, 4) is 0 Å². The number of hydrogen-bond donors (Lipinski definition) is 2. The maximum atomic E-state index is 12.5. The van der Waals surface area contributed by atoms with E-state index in [1.54, 1.807) is 12.1 Å². The predicted octanol–water partition coefficient (Wildman–Crippen LogP) is 2.02. The van der Waals surface area contributed by atoms with E-state index in [1.807, 2.05) is 20.0 Å². The van der Waals surface area contributed by atoms with Gasteiger partial charge in [0.1, 0.15) is 0 Å². The Labute approximate surface area is 134 Å². The minimum absolute atomic E-state index is 0.261. The van der Waals surface area contributed by atoms with Gasteiger partial charge in [-0.25, -0.2) is 13.1 Å². The molecule has 0 radical (unpaired) electrons. The standard InChI is InChI=1S/C14H21BrN2O3S/c1-14(6-3-7-20-14)10-17-21(18,19)13-8-11(9-16-2)4-5-12(13)15/h4-5,8,16-17H,3,6-7,9-10H2,1-2H3. The summed E-state index contributed by atoms with van der Waals surface area (Å²) in [5.74, 6) is 0. The zero-order valence-corrected chi connectivity index (χ0v) is 14.7. The van der Waals surface area contributed by atoms with Crippen LogP contribution in [0.1, 0.15) is 25.3 Å². The van der Waals surface area contributed by atoms with E-state index in [0.29, 0.717) is 17.6 Å². The highest BCUT2D eigenvalue weighted by Gasteiger charge is 2.31. The van der Waals surface area contributed by atoms with Gasteiger partial charge in [0.2, 0.25) is 10.0 Å². The van der Waals surface area contributed by atoms with E-state index in [2.05, 4.69) is 26.0 Å². The second kappa shape index (κ2) is 6.75. The molecule has 1 aliphatic rings. The van der Waals surface area contributed by atoms with Gasteiger partial charge in [-0.3, -0.25) is 0 Å². The smallest absolute Gasteiger partial charge is 0.241 e. The summed E-state index contributed by atoms with van der Waals surface area (Å²) in [6, 6.07) is 5.33. The normalized spacial score (nSPS) is 22.6. The first-order chi connectivity index (χ1) is 9.86. The van der Waals surface area contributed by atoms with E-state index in [1.165, 1.54) is 0 Å². The lowest BCUT2D eigenvalue weighted by molar-refractivity contribution is 0.0250. The van der Waals surface area contributed by atoms with Gasteiger partial charge in [-0.05, 0) is 60.4 Å². The highest BCUT2D eigenvalue weighted by Crippen LogP contribution is 2.26. The number of halogens is 1. The van der Waals surface area contributed by atoms with Gasteiger partial charge in [0, 0.05) is 24.2 Å². The van der Waals surface area contributed by atoms with Crippen molar-refractivity contribution in [2.75, 3.05) is 20.2 Å². The van der Waals surface area contributed by atoms with Gasteiger partial charge < -0.3 is 10.1 Å². The number of ether oxygens (including phenoxy) is 1. The Hall–Kier alpha value is -0.470. The van der Waals surface area contributed by atoms with Crippen molar-refractivity contribution < 1.29 is 13.2 Å². The van der Waals surface area contributed by atoms with Crippen molar-refractivity contribution >= 4 is 26.0 Å². The summed E-state index contributed by atoms with van der Waals surface area (Å²) >= 11 is 3.31. The van der Waals surface area contributed by atoms with Crippen LogP contribution in [-0.4, -0.2) is 34.2 Å². The lowest BCUT2D eigenvalue weighted by Crippen LogP contribution is -2.40. The Kier molecular flexibility index (Phi) is 5.43. The Morgan fingerprint density at radius 3 is 2.81 bits per heavy atom. The number of sulfonamides is 1. The second-order valence-corrected chi connectivity index (χ2v) is 8.11. The van der Waals surface area contributed by atoms with Gasteiger partial charge in [-0.15, -0.1) is 0 Å². The summed E-state index contributed by atoms with van der Waals surface area (Å²) in [4.78, 5) is 0.261. The third-order valence-corrected chi connectivity index (χ3v) is 6.00. The monoisotopic (exact) mass is 376 g/mol. The van der Waals surface area contributed by atoms with Gasteiger partial charge in [-0.1, -0.05) is 6.07 Å². The van der Waals surface area contributed by atoms with Crippen molar-refractivity contribution in [1.82, 2.24) is 10.0 Å². The molecule has 1 fully saturated rings. The maximum Gasteiger partial charge on any atom is 0.241 e. The molecule has 2 N–H and O–H groups in total. The lowest BCUT2D eigenvalue weighted by Gasteiger charge is -2.23. The Bertz CT molecular complexity index is 598. The summed E-state index contributed by atoms with van der Waals surface area (Å²) in [5.41, 5.74) is 0.520. The number of benzene rings is 1. The van der Waals surface area contributed by atoms with Gasteiger partial charge >= 0.3 is 0 Å². The molecule has 0 aromatic heterocycles. The molecule has 1 aliphatic heterocycles. The molecular formula is C14H21BrN2O3S. The zero-order valence-electron chi connectivity index (χ0n) is 12.3. The van der Waals surface area contributed by atoms with E-state index in [9.17, 15) is 8.42 Å². The second-order valence-electron chi connectivity index (χ2n) is 5.52. The molecule has 7 heteroatoms. The average Bonchev–Trinajstić information content (AvgIpc) is 2.87. The molecule has 1 aromatic carbocycles. The molecule has 0 spiro atoms. The largest absolute Gasteiger partial charge is 0.374 e. The van der Waals surface area contributed by atoms with Crippen molar-refractivity contribution in [1.29, 1.82) is 0 Å². The highest BCUT2D eigenvalue weighted by molar-refractivity contribution is 9.10. The van der Waals surface area contributed by atoms with Crippen LogP contribution >= 0.6 is 15.9 Å². The van der Waals surface area contributed by atoms with Crippen molar-refractivity contribution in [2.24, 2.45) is 0 Å². The molecule has 0 amide bonds. The number of rotatable bonds is 6. The average molecular weight is 377 g/mol. The van der Waals surface area contributed by atoms with E-state index in [0.717, 1.165) is 18.4 Å². The summed E-state index contributed by atoms with van der Waals surface area (Å²) in [7, 11) is -1.74.